The minimum atomic E-state index is -1.12. The van der Waals surface area contributed by atoms with Gasteiger partial charge < -0.3 is 5.32 Å². The van der Waals surface area contributed by atoms with Crippen molar-refractivity contribution in [3.8, 4) is 5.69 Å². The first-order valence-corrected chi connectivity index (χ1v) is 7.87. The molecule has 0 radical (unpaired) electrons. The van der Waals surface area contributed by atoms with Crippen molar-refractivity contribution in [3.63, 3.8) is 0 Å². The van der Waals surface area contributed by atoms with E-state index in [9.17, 15) is 18.4 Å². The first kappa shape index (κ1) is 17.8. The van der Waals surface area contributed by atoms with Gasteiger partial charge in [-0.3, -0.25) is 9.59 Å². The normalized spacial score (nSPS) is 10.6. The van der Waals surface area contributed by atoms with Crippen LogP contribution in [0.5, 0.6) is 0 Å². The summed E-state index contributed by atoms with van der Waals surface area (Å²) in [7, 11) is 0. The maximum absolute atomic E-state index is 13.3. The summed E-state index contributed by atoms with van der Waals surface area (Å²) in [5.74, 6) is -3.01. The molecule has 0 fully saturated rings. The van der Waals surface area contributed by atoms with Crippen molar-refractivity contribution < 1.29 is 13.6 Å². The van der Waals surface area contributed by atoms with Crippen molar-refractivity contribution in [2.75, 3.05) is 5.32 Å². The van der Waals surface area contributed by atoms with Crippen LogP contribution in [0.2, 0.25) is 5.02 Å². The monoisotopic (exact) mass is 375 g/mol. The number of aromatic nitrogens is 2. The molecule has 1 heterocycles. The van der Waals surface area contributed by atoms with Gasteiger partial charge in [0.25, 0.3) is 5.91 Å². The van der Waals surface area contributed by atoms with Crippen molar-refractivity contribution in [1.29, 1.82) is 0 Å². The summed E-state index contributed by atoms with van der Waals surface area (Å²) >= 11 is 6.15. The van der Waals surface area contributed by atoms with Crippen molar-refractivity contribution in [1.82, 2.24) is 9.78 Å². The minimum Gasteiger partial charge on any atom is -0.320 e. The highest BCUT2D eigenvalue weighted by molar-refractivity contribution is 6.32. The Hall–Kier alpha value is -3.06. The lowest BCUT2D eigenvalue weighted by molar-refractivity contribution is 0.101. The van der Waals surface area contributed by atoms with Crippen LogP contribution in [0.25, 0.3) is 5.69 Å². The molecule has 0 spiro atoms. The third-order valence-corrected chi connectivity index (χ3v) is 3.90. The molecule has 0 aliphatic carbocycles. The molecule has 5 nitrogen and oxygen atoms in total. The second-order valence-electron chi connectivity index (χ2n) is 5.44. The fourth-order valence-corrected chi connectivity index (χ4v) is 2.55. The van der Waals surface area contributed by atoms with Crippen LogP contribution in [0.15, 0.2) is 53.3 Å². The molecule has 3 rings (SSSR count). The van der Waals surface area contributed by atoms with E-state index in [1.165, 1.54) is 16.8 Å². The summed E-state index contributed by atoms with van der Waals surface area (Å²) in [6.07, 6.45) is 0. The summed E-state index contributed by atoms with van der Waals surface area (Å²) < 4.78 is 27.6. The van der Waals surface area contributed by atoms with E-state index < -0.39 is 28.7 Å². The maximum atomic E-state index is 13.3. The van der Waals surface area contributed by atoms with Gasteiger partial charge in [0, 0.05) is 23.5 Å². The quantitative estimate of drug-likeness (QED) is 0.758. The SMILES string of the molecule is Cc1cc(=O)c(C(=O)Nc2ccc(F)c(F)c2)nn1-c1ccccc1Cl. The van der Waals surface area contributed by atoms with Crippen molar-refractivity contribution in [2.45, 2.75) is 6.92 Å². The van der Waals surface area contributed by atoms with Crippen LogP contribution in [0, 0.1) is 18.6 Å². The summed E-state index contributed by atoms with van der Waals surface area (Å²) in [5.41, 5.74) is -0.0351. The molecule has 1 amide bonds. The summed E-state index contributed by atoms with van der Waals surface area (Å²) in [4.78, 5) is 24.5. The summed E-state index contributed by atoms with van der Waals surface area (Å²) in [5, 5.41) is 6.79. The van der Waals surface area contributed by atoms with E-state index in [-0.39, 0.29) is 5.69 Å². The van der Waals surface area contributed by atoms with Crippen molar-refractivity contribution >= 4 is 23.2 Å². The van der Waals surface area contributed by atoms with E-state index in [1.54, 1.807) is 31.2 Å². The van der Waals surface area contributed by atoms with Crippen molar-refractivity contribution in [3.05, 3.63) is 86.8 Å². The minimum absolute atomic E-state index is 0.0000291. The Kier molecular flexibility index (Phi) is 4.81. The fourth-order valence-electron chi connectivity index (χ4n) is 2.34. The molecule has 26 heavy (non-hydrogen) atoms. The largest absolute Gasteiger partial charge is 0.320 e. The highest BCUT2D eigenvalue weighted by Crippen LogP contribution is 2.20. The van der Waals surface area contributed by atoms with Crippen LogP contribution in [-0.4, -0.2) is 15.7 Å². The van der Waals surface area contributed by atoms with Crippen LogP contribution in [0.3, 0.4) is 0 Å². The lowest BCUT2D eigenvalue weighted by Gasteiger charge is -2.12. The van der Waals surface area contributed by atoms with Gasteiger partial charge in [-0.2, -0.15) is 5.10 Å². The smallest absolute Gasteiger partial charge is 0.280 e. The van der Waals surface area contributed by atoms with Gasteiger partial charge in [0.05, 0.1) is 10.7 Å². The first-order chi connectivity index (χ1) is 12.4. The second kappa shape index (κ2) is 7.05. The number of rotatable bonds is 3. The molecule has 0 unspecified atom stereocenters. The van der Waals surface area contributed by atoms with Gasteiger partial charge in [0.2, 0.25) is 5.43 Å². The van der Waals surface area contributed by atoms with E-state index in [0.29, 0.717) is 16.4 Å². The zero-order valence-corrected chi connectivity index (χ0v) is 14.2. The van der Waals surface area contributed by atoms with E-state index in [2.05, 4.69) is 10.4 Å². The number of carbonyl (C=O) groups excluding carboxylic acids is 1. The van der Waals surface area contributed by atoms with Gasteiger partial charge in [-0.25, -0.2) is 13.5 Å². The predicted octanol–water partition coefficient (Wildman–Crippen LogP) is 3.72. The lowest BCUT2D eigenvalue weighted by atomic mass is 10.2. The summed E-state index contributed by atoms with van der Waals surface area (Å²) in [6.45, 7) is 1.65. The number of halogens is 3. The molecule has 3 aromatic rings. The Morgan fingerprint density at radius 3 is 2.54 bits per heavy atom. The van der Waals surface area contributed by atoms with Crippen LogP contribution in [0.4, 0.5) is 14.5 Å². The molecule has 1 aromatic heterocycles. The van der Waals surface area contributed by atoms with Gasteiger partial charge in [-0.1, -0.05) is 23.7 Å². The number of anilines is 1. The number of para-hydroxylation sites is 1. The molecule has 0 aliphatic rings. The maximum Gasteiger partial charge on any atom is 0.280 e. The number of hydrogen-bond donors (Lipinski definition) is 1. The number of nitrogens with zero attached hydrogens (tertiary/aromatic N) is 2. The molecule has 0 bridgehead atoms. The van der Waals surface area contributed by atoms with Gasteiger partial charge >= 0.3 is 0 Å². The molecule has 2 aromatic carbocycles. The Labute approximate surface area is 151 Å². The number of benzene rings is 2. The second-order valence-corrected chi connectivity index (χ2v) is 5.85. The molecule has 8 heteroatoms. The highest BCUT2D eigenvalue weighted by atomic mass is 35.5. The Balaban J connectivity index is 2.01. The Morgan fingerprint density at radius 1 is 1.12 bits per heavy atom. The van der Waals surface area contributed by atoms with Crippen molar-refractivity contribution in [2.24, 2.45) is 0 Å². The molecule has 0 saturated carbocycles. The number of nitrogens with one attached hydrogen (secondary N) is 1. The van der Waals surface area contributed by atoms with E-state index in [4.69, 9.17) is 11.6 Å². The summed E-state index contributed by atoms with van der Waals surface area (Å²) in [6, 6.07) is 10.9. The zero-order chi connectivity index (χ0) is 18.8. The standard InChI is InChI=1S/C18H12ClF2N3O2/c1-10-8-16(25)17(23-24(10)15-5-3-2-4-12(15)19)18(26)22-11-6-7-13(20)14(21)9-11/h2-9H,1H3,(H,22,26). The highest BCUT2D eigenvalue weighted by Gasteiger charge is 2.17. The molecule has 0 saturated heterocycles. The lowest BCUT2D eigenvalue weighted by Crippen LogP contribution is -2.27. The Morgan fingerprint density at radius 2 is 1.85 bits per heavy atom. The molecule has 1 N–H and O–H groups in total. The van der Waals surface area contributed by atoms with Crippen LogP contribution >= 0.6 is 11.6 Å². The molecule has 132 valence electrons. The number of amides is 1. The van der Waals surface area contributed by atoms with Crippen LogP contribution < -0.4 is 10.7 Å². The van der Waals surface area contributed by atoms with Crippen LogP contribution in [-0.2, 0) is 0 Å². The third-order valence-electron chi connectivity index (χ3n) is 3.58. The molecular weight excluding hydrogens is 364 g/mol. The number of aryl methyl sites for hydroxylation is 1. The average molecular weight is 376 g/mol. The number of hydrogen-bond acceptors (Lipinski definition) is 3. The first-order valence-electron chi connectivity index (χ1n) is 7.49. The van der Waals surface area contributed by atoms with E-state index in [0.717, 1.165) is 12.1 Å². The van der Waals surface area contributed by atoms with E-state index in [1.807, 2.05) is 0 Å². The fraction of sp³-hybridized carbons (Fsp3) is 0.0556. The van der Waals surface area contributed by atoms with Gasteiger partial charge in [0.15, 0.2) is 17.3 Å². The van der Waals surface area contributed by atoms with Gasteiger partial charge in [-0.05, 0) is 31.2 Å². The number of carbonyl (C=O) groups is 1. The molecule has 0 atom stereocenters. The average Bonchev–Trinajstić information content (AvgIpc) is 2.59. The zero-order valence-electron chi connectivity index (χ0n) is 13.5. The predicted molar refractivity (Wildman–Crippen MR) is 93.9 cm³/mol. The van der Waals surface area contributed by atoms with E-state index >= 15 is 0 Å². The van der Waals surface area contributed by atoms with Gasteiger partial charge in [-0.15, -0.1) is 0 Å². The molecule has 0 aliphatic heterocycles. The molecular formula is C18H12ClF2N3O2. The van der Waals surface area contributed by atoms with Gasteiger partial charge in [0.1, 0.15) is 0 Å². The van der Waals surface area contributed by atoms with Crippen LogP contribution in [0.1, 0.15) is 16.2 Å². The third kappa shape index (κ3) is 3.48. The topological polar surface area (TPSA) is 64.0 Å². The Bertz CT molecular complexity index is 1070.